The Kier molecular flexibility index (Phi) is 8.89. The van der Waals surface area contributed by atoms with E-state index in [9.17, 15) is 13.2 Å². The molecular weight excluding hydrogens is 472 g/mol. The fraction of sp³-hybridized carbons (Fsp3) is 0.394. The van der Waals surface area contributed by atoms with E-state index in [1.54, 1.807) is 12.1 Å². The number of aryl methyl sites for hydroxylation is 3. The largest absolute Gasteiger partial charge is 0.419 e. The Hall–Kier alpha value is -2.88. The van der Waals surface area contributed by atoms with Crippen molar-refractivity contribution < 1.29 is 17.6 Å². The summed E-state index contributed by atoms with van der Waals surface area (Å²) in [7, 11) is 0. The second-order valence-corrected chi connectivity index (χ2v) is 10.5. The summed E-state index contributed by atoms with van der Waals surface area (Å²) in [6, 6.07) is 18.7. The van der Waals surface area contributed by atoms with E-state index in [2.05, 4.69) is 38.1 Å². The van der Waals surface area contributed by atoms with Crippen molar-refractivity contribution in [1.82, 2.24) is 0 Å². The first-order valence-corrected chi connectivity index (χ1v) is 13.5. The van der Waals surface area contributed by atoms with Crippen LogP contribution in [0.1, 0.15) is 73.8 Å². The quantitative estimate of drug-likeness (QED) is 0.266. The summed E-state index contributed by atoms with van der Waals surface area (Å²) < 4.78 is 57.2. The molecule has 0 aliphatic heterocycles. The molecule has 0 aromatic heterocycles. The highest BCUT2D eigenvalue weighted by atomic mass is 19.4. The van der Waals surface area contributed by atoms with Crippen LogP contribution in [-0.4, -0.2) is 0 Å². The zero-order valence-corrected chi connectivity index (χ0v) is 21.8. The number of hydrogen-bond donors (Lipinski definition) is 0. The fourth-order valence-electron chi connectivity index (χ4n) is 5.26. The van der Waals surface area contributed by atoms with Gasteiger partial charge in [-0.3, -0.25) is 0 Å². The lowest BCUT2D eigenvalue weighted by Crippen LogP contribution is -2.12. The minimum atomic E-state index is -4.77. The van der Waals surface area contributed by atoms with Crippen LogP contribution in [0.25, 0.3) is 17.2 Å². The van der Waals surface area contributed by atoms with E-state index in [0.29, 0.717) is 11.5 Å². The summed E-state index contributed by atoms with van der Waals surface area (Å²) >= 11 is 0. The second kappa shape index (κ2) is 12.1. The molecule has 0 atom stereocenters. The Balaban J connectivity index is 1.49. The topological polar surface area (TPSA) is 0 Å². The van der Waals surface area contributed by atoms with Crippen LogP contribution in [0.4, 0.5) is 17.6 Å². The Bertz CT molecular complexity index is 1180. The number of alkyl halides is 3. The van der Waals surface area contributed by atoms with Crippen molar-refractivity contribution in [3.05, 3.63) is 100 Å². The van der Waals surface area contributed by atoms with E-state index in [-0.39, 0.29) is 17.0 Å². The molecule has 0 N–H and O–H groups in total. The Morgan fingerprint density at radius 2 is 1.30 bits per heavy atom. The van der Waals surface area contributed by atoms with Crippen molar-refractivity contribution in [2.45, 2.75) is 71.4 Å². The van der Waals surface area contributed by atoms with E-state index in [1.165, 1.54) is 29.3 Å². The van der Waals surface area contributed by atoms with E-state index < -0.39 is 17.6 Å². The summed E-state index contributed by atoms with van der Waals surface area (Å²) in [5.41, 5.74) is 2.80. The minimum absolute atomic E-state index is 0.0194. The Morgan fingerprint density at radius 1 is 0.757 bits per heavy atom. The van der Waals surface area contributed by atoms with Gasteiger partial charge in [0.1, 0.15) is 5.82 Å². The highest BCUT2D eigenvalue weighted by molar-refractivity contribution is 5.69. The number of benzene rings is 3. The van der Waals surface area contributed by atoms with Gasteiger partial charge in [0.05, 0.1) is 5.56 Å². The molecule has 3 aromatic carbocycles. The van der Waals surface area contributed by atoms with Gasteiger partial charge in [-0.25, -0.2) is 4.39 Å². The summed E-state index contributed by atoms with van der Waals surface area (Å²) in [4.78, 5) is 0. The summed E-state index contributed by atoms with van der Waals surface area (Å²) in [6.07, 6.45) is 6.51. The first-order valence-electron chi connectivity index (χ1n) is 13.5. The molecule has 4 rings (SSSR count). The predicted octanol–water partition coefficient (Wildman–Crippen LogP) is 10.1. The molecule has 0 amide bonds. The molecular formula is C33H36F4. The van der Waals surface area contributed by atoms with Crippen molar-refractivity contribution in [2.24, 2.45) is 11.8 Å². The zero-order chi connectivity index (χ0) is 26.4. The molecule has 0 radical (unpaired) electrons. The standard InChI is InChI=1S/C33H36F4/c1-3-4-24-9-11-26(12-10-24)13-14-27-15-18-28(19-16-27)30-22-21-29(31(32(30)34)33(35,36)37)20-17-25-7-5-23(2)6-8-25/h9-12,15-23,25H,3-8,13-14H2,1-2H3/b20-17+. The SMILES string of the molecule is CCCc1ccc(CCc2ccc(-c3ccc(/C=C/C4CCC(C)CC4)c(C(F)(F)F)c3F)cc2)cc1. The van der Waals surface area contributed by atoms with E-state index in [0.717, 1.165) is 56.9 Å². The molecule has 37 heavy (non-hydrogen) atoms. The molecule has 0 unspecified atom stereocenters. The van der Waals surface area contributed by atoms with Gasteiger partial charge >= 0.3 is 6.18 Å². The van der Waals surface area contributed by atoms with Gasteiger partial charge in [0.2, 0.25) is 0 Å². The van der Waals surface area contributed by atoms with Crippen LogP contribution < -0.4 is 0 Å². The molecule has 4 heteroatoms. The van der Waals surface area contributed by atoms with Crippen molar-refractivity contribution in [2.75, 3.05) is 0 Å². The number of hydrogen-bond acceptors (Lipinski definition) is 0. The molecule has 0 heterocycles. The molecule has 0 nitrogen and oxygen atoms in total. The highest BCUT2D eigenvalue weighted by Gasteiger charge is 2.37. The van der Waals surface area contributed by atoms with Crippen LogP contribution in [0.2, 0.25) is 0 Å². The van der Waals surface area contributed by atoms with Crippen LogP contribution in [0.3, 0.4) is 0 Å². The molecule has 3 aromatic rings. The number of rotatable bonds is 8. The molecule has 1 saturated carbocycles. The van der Waals surface area contributed by atoms with E-state index in [4.69, 9.17) is 0 Å². The van der Waals surface area contributed by atoms with Gasteiger partial charge in [0, 0.05) is 5.56 Å². The lowest BCUT2D eigenvalue weighted by Gasteiger charge is -2.23. The second-order valence-electron chi connectivity index (χ2n) is 10.5. The summed E-state index contributed by atoms with van der Waals surface area (Å²) in [5, 5.41) is 0. The molecule has 0 spiro atoms. The maximum Gasteiger partial charge on any atom is 0.419 e. The first kappa shape index (κ1) is 27.2. The molecule has 1 aliphatic carbocycles. The van der Waals surface area contributed by atoms with Crippen LogP contribution in [0, 0.1) is 17.7 Å². The monoisotopic (exact) mass is 508 g/mol. The van der Waals surface area contributed by atoms with Crippen molar-refractivity contribution in [3.8, 4) is 11.1 Å². The lowest BCUT2D eigenvalue weighted by atomic mass is 9.82. The van der Waals surface area contributed by atoms with Crippen LogP contribution in [0.15, 0.2) is 66.7 Å². The van der Waals surface area contributed by atoms with Crippen LogP contribution in [-0.2, 0) is 25.4 Å². The van der Waals surface area contributed by atoms with Gasteiger partial charge in [-0.1, -0.05) is 106 Å². The average Bonchev–Trinajstić information content (AvgIpc) is 2.88. The maximum atomic E-state index is 15.3. The average molecular weight is 509 g/mol. The van der Waals surface area contributed by atoms with Crippen molar-refractivity contribution in [1.29, 1.82) is 0 Å². The zero-order valence-electron chi connectivity index (χ0n) is 21.8. The van der Waals surface area contributed by atoms with Gasteiger partial charge in [-0.2, -0.15) is 13.2 Å². The lowest BCUT2D eigenvalue weighted by molar-refractivity contribution is -0.140. The third kappa shape index (κ3) is 7.12. The fourth-order valence-corrected chi connectivity index (χ4v) is 5.26. The van der Waals surface area contributed by atoms with E-state index >= 15 is 4.39 Å². The van der Waals surface area contributed by atoms with Gasteiger partial charge in [-0.05, 0) is 71.8 Å². The third-order valence-electron chi connectivity index (χ3n) is 7.60. The number of halogens is 4. The first-order chi connectivity index (χ1) is 17.7. The summed E-state index contributed by atoms with van der Waals surface area (Å²) in [6.45, 7) is 4.37. The molecule has 1 aliphatic rings. The smallest absolute Gasteiger partial charge is 0.206 e. The third-order valence-corrected chi connectivity index (χ3v) is 7.60. The van der Waals surface area contributed by atoms with Gasteiger partial charge in [0.25, 0.3) is 0 Å². The molecule has 196 valence electrons. The predicted molar refractivity (Wildman–Crippen MR) is 145 cm³/mol. The van der Waals surface area contributed by atoms with Gasteiger partial charge in [-0.15, -0.1) is 0 Å². The normalized spacial score (nSPS) is 18.4. The van der Waals surface area contributed by atoms with Gasteiger partial charge < -0.3 is 0 Å². The molecule has 0 bridgehead atoms. The maximum absolute atomic E-state index is 15.3. The minimum Gasteiger partial charge on any atom is -0.206 e. The molecule has 0 saturated heterocycles. The highest BCUT2D eigenvalue weighted by Crippen LogP contribution is 2.39. The van der Waals surface area contributed by atoms with Gasteiger partial charge in [0.15, 0.2) is 0 Å². The Labute approximate surface area is 218 Å². The van der Waals surface area contributed by atoms with Crippen LogP contribution in [0.5, 0.6) is 0 Å². The Morgan fingerprint density at radius 3 is 1.84 bits per heavy atom. The van der Waals surface area contributed by atoms with E-state index in [1.807, 2.05) is 18.2 Å². The van der Waals surface area contributed by atoms with Crippen LogP contribution >= 0.6 is 0 Å². The van der Waals surface area contributed by atoms with Crippen molar-refractivity contribution >= 4 is 6.08 Å². The number of allylic oxidation sites excluding steroid dienone is 1. The van der Waals surface area contributed by atoms with Crippen molar-refractivity contribution in [3.63, 3.8) is 0 Å². The molecule has 1 fully saturated rings. The summed E-state index contributed by atoms with van der Waals surface area (Å²) in [5.74, 6) is -0.288.